The van der Waals surface area contributed by atoms with Gasteiger partial charge in [0.1, 0.15) is 0 Å². The average molecular weight is 125 g/mol. The molecule has 0 saturated carbocycles. The molecule has 0 atom stereocenters. The zero-order chi connectivity index (χ0) is 9.35. The van der Waals surface area contributed by atoms with Crippen molar-refractivity contribution in [1.82, 2.24) is 9.97 Å². The number of rotatable bonds is 0. The van der Waals surface area contributed by atoms with Gasteiger partial charge < -0.3 is 0 Å². The number of aryl methyl sites for hydroxylation is 3. The molecule has 48 valence electrons. The molecule has 1 aromatic rings. The highest BCUT2D eigenvalue weighted by molar-refractivity contribution is 5.09. The van der Waals surface area contributed by atoms with Gasteiger partial charge in [-0.3, -0.25) is 9.97 Å². The number of hydrogen-bond acceptors (Lipinski definition) is 2. The van der Waals surface area contributed by atoms with E-state index < -0.39 is 6.85 Å². The van der Waals surface area contributed by atoms with E-state index in [0.717, 1.165) is 5.69 Å². The summed E-state index contributed by atoms with van der Waals surface area (Å²) in [6, 6.07) is 0. The fourth-order valence-electron chi connectivity index (χ4n) is 0.598. The van der Waals surface area contributed by atoms with Crippen molar-refractivity contribution in [2.24, 2.45) is 0 Å². The van der Waals surface area contributed by atoms with Crippen LogP contribution in [0.1, 0.15) is 21.2 Å². The standard InChI is InChI=1S/C7H10N2/c1-5-4-8-6(2)7(3)9-5/h4H,1-3H3/i2D3. The molecular weight excluding hydrogens is 112 g/mol. The molecule has 1 heterocycles. The van der Waals surface area contributed by atoms with Gasteiger partial charge in [-0.15, -0.1) is 0 Å². The first kappa shape index (κ1) is 3.30. The van der Waals surface area contributed by atoms with Crippen LogP contribution >= 0.6 is 0 Å². The van der Waals surface area contributed by atoms with E-state index in [9.17, 15) is 0 Å². The Kier molecular flexibility index (Phi) is 0.781. The lowest BCUT2D eigenvalue weighted by atomic mass is 10.3. The Hall–Kier alpha value is -0.920. The zero-order valence-electron chi connectivity index (χ0n) is 8.47. The maximum absolute atomic E-state index is 7.12. The van der Waals surface area contributed by atoms with Gasteiger partial charge in [0.25, 0.3) is 0 Å². The molecule has 2 nitrogen and oxygen atoms in total. The van der Waals surface area contributed by atoms with Gasteiger partial charge in [0.15, 0.2) is 0 Å². The van der Waals surface area contributed by atoms with Crippen molar-refractivity contribution in [2.75, 3.05) is 0 Å². The van der Waals surface area contributed by atoms with Crippen molar-refractivity contribution in [3.05, 3.63) is 23.3 Å². The minimum atomic E-state index is -2.15. The summed E-state index contributed by atoms with van der Waals surface area (Å²) >= 11 is 0. The third-order valence-corrected chi connectivity index (χ3v) is 1.07. The molecule has 1 aromatic heterocycles. The lowest BCUT2D eigenvalue weighted by molar-refractivity contribution is 1.00. The fraction of sp³-hybridized carbons (Fsp3) is 0.429. The summed E-state index contributed by atoms with van der Waals surface area (Å²) in [5.74, 6) is 0. The Balaban J connectivity index is 3.19. The largest absolute Gasteiger partial charge is 0.258 e. The monoisotopic (exact) mass is 125 g/mol. The molecule has 0 aliphatic rings. The highest BCUT2D eigenvalue weighted by atomic mass is 14.8. The quantitative estimate of drug-likeness (QED) is 0.523. The molecule has 9 heavy (non-hydrogen) atoms. The van der Waals surface area contributed by atoms with Gasteiger partial charge in [-0.05, 0) is 20.7 Å². The van der Waals surface area contributed by atoms with E-state index in [-0.39, 0.29) is 5.69 Å². The second-order valence-electron chi connectivity index (χ2n) is 1.95. The SMILES string of the molecule is [2H]C([2H])([2H])c1ncc(C)nc1C. The van der Waals surface area contributed by atoms with Gasteiger partial charge in [0, 0.05) is 10.3 Å². The van der Waals surface area contributed by atoms with Gasteiger partial charge >= 0.3 is 0 Å². The van der Waals surface area contributed by atoms with E-state index in [1.165, 1.54) is 6.20 Å². The van der Waals surface area contributed by atoms with E-state index in [1.807, 2.05) is 0 Å². The van der Waals surface area contributed by atoms with Crippen LogP contribution in [0.5, 0.6) is 0 Å². The van der Waals surface area contributed by atoms with Crippen LogP contribution in [0.15, 0.2) is 6.20 Å². The third-order valence-electron chi connectivity index (χ3n) is 1.07. The molecular formula is C7H10N2. The number of hydrogen-bond donors (Lipinski definition) is 0. The topological polar surface area (TPSA) is 25.8 Å². The normalized spacial score (nSPS) is 16.0. The first-order valence-corrected chi connectivity index (χ1v) is 2.72. The molecule has 0 amide bonds. The number of aromatic nitrogens is 2. The van der Waals surface area contributed by atoms with Crippen molar-refractivity contribution < 1.29 is 4.11 Å². The summed E-state index contributed by atoms with van der Waals surface area (Å²) < 4.78 is 21.3. The van der Waals surface area contributed by atoms with Crippen LogP contribution in [0.4, 0.5) is 0 Å². The van der Waals surface area contributed by atoms with Crippen LogP contribution in [0.2, 0.25) is 0 Å². The Morgan fingerprint density at radius 3 is 2.78 bits per heavy atom. The number of nitrogens with zero attached hydrogens (tertiary/aromatic N) is 2. The van der Waals surface area contributed by atoms with Crippen molar-refractivity contribution in [3.8, 4) is 0 Å². The second kappa shape index (κ2) is 2.13. The van der Waals surface area contributed by atoms with Crippen LogP contribution in [0.25, 0.3) is 0 Å². The zero-order valence-corrected chi connectivity index (χ0v) is 5.47. The predicted molar refractivity (Wildman–Crippen MR) is 36.2 cm³/mol. The van der Waals surface area contributed by atoms with Crippen LogP contribution in [0.3, 0.4) is 0 Å². The van der Waals surface area contributed by atoms with Gasteiger partial charge in [-0.2, -0.15) is 0 Å². The summed E-state index contributed by atoms with van der Waals surface area (Å²) in [5, 5.41) is 0. The summed E-state index contributed by atoms with van der Waals surface area (Å²) in [5.41, 5.74) is 1.31. The van der Waals surface area contributed by atoms with Crippen molar-refractivity contribution >= 4 is 0 Å². The van der Waals surface area contributed by atoms with Crippen LogP contribution in [-0.4, -0.2) is 9.97 Å². The first-order valence-electron chi connectivity index (χ1n) is 4.22. The highest BCUT2D eigenvalue weighted by Crippen LogP contribution is 1.98. The van der Waals surface area contributed by atoms with Gasteiger partial charge in [-0.25, -0.2) is 0 Å². The van der Waals surface area contributed by atoms with Crippen LogP contribution in [0, 0.1) is 20.7 Å². The minimum Gasteiger partial charge on any atom is -0.258 e. The Labute approximate surface area is 59.2 Å². The summed E-state index contributed by atoms with van der Waals surface area (Å²) in [4.78, 5) is 7.84. The lowest BCUT2D eigenvalue weighted by Crippen LogP contribution is -1.92. The second-order valence-corrected chi connectivity index (χ2v) is 1.95. The maximum Gasteiger partial charge on any atom is 0.0588 e. The predicted octanol–water partition coefficient (Wildman–Crippen LogP) is 1.40. The molecule has 0 spiro atoms. The van der Waals surface area contributed by atoms with Gasteiger partial charge in [-0.1, -0.05) is 0 Å². The van der Waals surface area contributed by atoms with E-state index >= 15 is 0 Å². The molecule has 1 rings (SSSR count). The minimum absolute atomic E-state index is 0.0908. The molecule has 0 fully saturated rings. The Morgan fingerprint density at radius 1 is 1.44 bits per heavy atom. The molecule has 0 saturated heterocycles. The van der Waals surface area contributed by atoms with Crippen molar-refractivity contribution in [1.29, 1.82) is 0 Å². The Morgan fingerprint density at radius 2 is 2.22 bits per heavy atom. The molecule has 0 N–H and O–H groups in total. The molecule has 0 unspecified atom stereocenters. The fourth-order valence-corrected chi connectivity index (χ4v) is 0.598. The molecule has 0 aliphatic carbocycles. The summed E-state index contributed by atoms with van der Waals surface area (Å²) in [6.07, 6.45) is 1.47. The van der Waals surface area contributed by atoms with Crippen LogP contribution < -0.4 is 0 Å². The van der Waals surface area contributed by atoms with Crippen molar-refractivity contribution in [3.63, 3.8) is 0 Å². The van der Waals surface area contributed by atoms with E-state index in [2.05, 4.69) is 9.97 Å². The van der Waals surface area contributed by atoms with Crippen LogP contribution in [-0.2, 0) is 0 Å². The molecule has 0 bridgehead atoms. The summed E-state index contributed by atoms with van der Waals surface area (Å²) in [6.45, 7) is 1.29. The highest BCUT2D eigenvalue weighted by Gasteiger charge is 1.92. The molecule has 0 radical (unpaired) electrons. The third kappa shape index (κ3) is 1.25. The van der Waals surface area contributed by atoms with Gasteiger partial charge in [0.2, 0.25) is 0 Å². The maximum atomic E-state index is 7.12. The lowest BCUT2D eigenvalue weighted by Gasteiger charge is -1.96. The van der Waals surface area contributed by atoms with E-state index in [0.29, 0.717) is 5.69 Å². The summed E-state index contributed by atoms with van der Waals surface area (Å²) in [7, 11) is 0. The Bertz CT molecular complexity index is 293. The van der Waals surface area contributed by atoms with Crippen molar-refractivity contribution in [2.45, 2.75) is 20.7 Å². The first-order chi connectivity index (χ1) is 5.41. The molecule has 0 aliphatic heterocycles. The molecule has 0 aromatic carbocycles. The van der Waals surface area contributed by atoms with E-state index in [1.54, 1.807) is 13.8 Å². The average Bonchev–Trinajstić information content (AvgIpc) is 1.83. The van der Waals surface area contributed by atoms with E-state index in [4.69, 9.17) is 4.11 Å². The smallest absolute Gasteiger partial charge is 0.0588 e. The molecule has 2 heteroatoms. The van der Waals surface area contributed by atoms with Gasteiger partial charge in [0.05, 0.1) is 17.1 Å².